The molecule has 7 heteroatoms. The van der Waals surface area contributed by atoms with E-state index >= 15 is 0 Å². The number of aromatic nitrogens is 2. The van der Waals surface area contributed by atoms with Crippen molar-refractivity contribution in [2.45, 2.75) is 50.8 Å². The Bertz CT molecular complexity index is 1120. The highest BCUT2D eigenvalue weighted by molar-refractivity contribution is 7.89. The van der Waals surface area contributed by atoms with Gasteiger partial charge in [-0.2, -0.15) is 4.31 Å². The van der Waals surface area contributed by atoms with Crippen LogP contribution in [0.5, 0.6) is 0 Å². The monoisotopic (exact) mass is 425 g/mol. The Labute approximate surface area is 178 Å². The third kappa shape index (κ3) is 4.18. The quantitative estimate of drug-likeness (QED) is 0.614. The van der Waals surface area contributed by atoms with E-state index in [1.807, 2.05) is 25.1 Å². The minimum absolute atomic E-state index is 0.0726. The molecule has 2 aromatic heterocycles. The molecule has 1 aliphatic heterocycles. The zero-order valence-electron chi connectivity index (χ0n) is 17.6. The first-order valence-corrected chi connectivity index (χ1v) is 11.7. The van der Waals surface area contributed by atoms with E-state index < -0.39 is 10.0 Å². The molecule has 0 N–H and O–H groups in total. The molecule has 1 saturated heterocycles. The van der Waals surface area contributed by atoms with Crippen LogP contribution in [0.3, 0.4) is 0 Å². The van der Waals surface area contributed by atoms with Gasteiger partial charge in [-0.3, -0.25) is 4.98 Å². The topological polar surface area (TPSA) is 76.3 Å². The number of sulfonamides is 1. The van der Waals surface area contributed by atoms with Crippen molar-refractivity contribution in [1.82, 2.24) is 14.4 Å². The highest BCUT2D eigenvalue weighted by Gasteiger charge is 2.35. The number of hydrogen-bond acceptors (Lipinski definition) is 5. The summed E-state index contributed by atoms with van der Waals surface area (Å²) in [7, 11) is -3.64. The molecular weight excluding hydrogens is 398 g/mol. The van der Waals surface area contributed by atoms with Crippen molar-refractivity contribution in [3.8, 4) is 0 Å². The minimum atomic E-state index is -3.64. The van der Waals surface area contributed by atoms with E-state index in [1.165, 1.54) is 11.1 Å². The van der Waals surface area contributed by atoms with E-state index in [4.69, 9.17) is 9.51 Å². The lowest BCUT2D eigenvalue weighted by Crippen LogP contribution is -2.39. The molecule has 0 radical (unpaired) electrons. The predicted molar refractivity (Wildman–Crippen MR) is 115 cm³/mol. The number of aryl methyl sites for hydroxylation is 3. The van der Waals surface area contributed by atoms with Crippen LogP contribution >= 0.6 is 0 Å². The largest absolute Gasteiger partial charge is 0.360 e. The summed E-state index contributed by atoms with van der Waals surface area (Å²) in [5.74, 6) is 0.414. The van der Waals surface area contributed by atoms with Crippen molar-refractivity contribution < 1.29 is 12.9 Å². The lowest BCUT2D eigenvalue weighted by atomic mass is 9.93. The maximum atomic E-state index is 13.2. The summed E-state index contributed by atoms with van der Waals surface area (Å²) in [6.07, 6.45) is 2.57. The molecule has 158 valence electrons. The van der Waals surface area contributed by atoms with E-state index in [0.717, 1.165) is 30.7 Å². The smallest absolute Gasteiger partial charge is 0.248 e. The van der Waals surface area contributed by atoms with Crippen molar-refractivity contribution in [3.63, 3.8) is 0 Å². The first-order valence-electron chi connectivity index (χ1n) is 10.3. The Morgan fingerprint density at radius 1 is 1.10 bits per heavy atom. The molecule has 0 bridgehead atoms. The average Bonchev–Trinajstić information content (AvgIpc) is 3.07. The van der Waals surface area contributed by atoms with Gasteiger partial charge in [0, 0.05) is 30.4 Å². The number of benzene rings is 1. The fraction of sp³-hybridized carbons (Fsp3) is 0.391. The summed E-state index contributed by atoms with van der Waals surface area (Å²) in [6, 6.07) is 14.6. The van der Waals surface area contributed by atoms with Gasteiger partial charge in [-0.15, -0.1) is 0 Å². The summed E-state index contributed by atoms with van der Waals surface area (Å²) < 4.78 is 33.2. The van der Waals surface area contributed by atoms with Crippen LogP contribution < -0.4 is 0 Å². The summed E-state index contributed by atoms with van der Waals surface area (Å²) in [4.78, 5) is 4.96. The van der Waals surface area contributed by atoms with Gasteiger partial charge in [-0.25, -0.2) is 8.42 Å². The SMILES string of the molecule is Cc1cc(Cc2ccccc2)cc([C@@H]2CCCN(S(=O)(=O)c3c(C)noc3C)C2)n1. The highest BCUT2D eigenvalue weighted by atomic mass is 32.2. The molecule has 3 aromatic rings. The van der Waals surface area contributed by atoms with E-state index in [0.29, 0.717) is 24.5 Å². The Balaban J connectivity index is 1.59. The molecule has 0 unspecified atom stereocenters. The standard InChI is InChI=1S/C23H27N3O3S/c1-16-12-20(13-19-8-5-4-6-9-19)14-22(24-16)21-10-7-11-26(15-21)30(27,28)23-17(2)25-29-18(23)3/h4-6,8-9,12,14,21H,7,10-11,13,15H2,1-3H3/t21-/m1/s1. The second-order valence-electron chi connectivity index (χ2n) is 8.06. The molecule has 3 heterocycles. The molecule has 4 rings (SSSR count). The van der Waals surface area contributed by atoms with E-state index in [2.05, 4.69) is 29.4 Å². The van der Waals surface area contributed by atoms with Crippen molar-refractivity contribution in [1.29, 1.82) is 0 Å². The third-order valence-corrected chi connectivity index (χ3v) is 7.76. The summed E-state index contributed by atoms with van der Waals surface area (Å²) in [6.45, 7) is 6.24. The van der Waals surface area contributed by atoms with Crippen LogP contribution in [0.1, 0.15) is 52.7 Å². The molecule has 1 aliphatic rings. The molecule has 1 fully saturated rings. The van der Waals surface area contributed by atoms with E-state index in [1.54, 1.807) is 18.2 Å². The summed E-state index contributed by atoms with van der Waals surface area (Å²) in [5, 5.41) is 3.82. The normalized spacial score (nSPS) is 17.9. The van der Waals surface area contributed by atoms with Gasteiger partial charge in [0.15, 0.2) is 5.76 Å². The summed E-state index contributed by atoms with van der Waals surface area (Å²) >= 11 is 0. The second kappa shape index (κ2) is 8.32. The van der Waals surface area contributed by atoms with Crippen LogP contribution in [0, 0.1) is 20.8 Å². The number of rotatable bonds is 5. The molecule has 0 aliphatic carbocycles. The zero-order valence-corrected chi connectivity index (χ0v) is 18.4. The minimum Gasteiger partial charge on any atom is -0.360 e. The third-order valence-electron chi connectivity index (χ3n) is 5.65. The average molecular weight is 426 g/mol. The van der Waals surface area contributed by atoms with Gasteiger partial charge in [0.05, 0.1) is 0 Å². The van der Waals surface area contributed by atoms with Crippen LogP contribution in [0.25, 0.3) is 0 Å². The highest BCUT2D eigenvalue weighted by Crippen LogP contribution is 2.32. The van der Waals surface area contributed by atoms with Crippen LogP contribution in [0.2, 0.25) is 0 Å². The van der Waals surface area contributed by atoms with Crippen LogP contribution in [-0.4, -0.2) is 36.0 Å². The fourth-order valence-electron chi connectivity index (χ4n) is 4.28. The van der Waals surface area contributed by atoms with Crippen molar-refractivity contribution in [2.24, 2.45) is 0 Å². The van der Waals surface area contributed by atoms with Crippen molar-refractivity contribution in [3.05, 3.63) is 76.4 Å². The van der Waals surface area contributed by atoms with Crippen molar-refractivity contribution >= 4 is 10.0 Å². The fourth-order valence-corrected chi connectivity index (χ4v) is 6.10. The van der Waals surface area contributed by atoms with Gasteiger partial charge in [-0.1, -0.05) is 35.5 Å². The van der Waals surface area contributed by atoms with E-state index in [9.17, 15) is 8.42 Å². The van der Waals surface area contributed by atoms with Gasteiger partial charge in [0.25, 0.3) is 0 Å². The van der Waals surface area contributed by atoms with E-state index in [-0.39, 0.29) is 10.8 Å². The Hall–Kier alpha value is -2.51. The number of pyridine rings is 1. The molecule has 0 spiro atoms. The molecule has 1 atom stereocenters. The second-order valence-corrected chi connectivity index (χ2v) is 9.93. The number of hydrogen-bond donors (Lipinski definition) is 0. The first-order chi connectivity index (χ1) is 14.3. The molecule has 0 saturated carbocycles. The van der Waals surface area contributed by atoms with Crippen LogP contribution in [0.15, 0.2) is 51.9 Å². The molecule has 6 nitrogen and oxygen atoms in total. The molecular formula is C23H27N3O3S. The van der Waals surface area contributed by atoms with Gasteiger partial charge in [0.1, 0.15) is 10.6 Å². The van der Waals surface area contributed by atoms with Gasteiger partial charge < -0.3 is 4.52 Å². The Morgan fingerprint density at radius 3 is 2.57 bits per heavy atom. The predicted octanol–water partition coefficient (Wildman–Crippen LogP) is 4.15. The Morgan fingerprint density at radius 2 is 1.87 bits per heavy atom. The van der Waals surface area contributed by atoms with Crippen LogP contribution in [0.4, 0.5) is 0 Å². The maximum Gasteiger partial charge on any atom is 0.248 e. The lowest BCUT2D eigenvalue weighted by Gasteiger charge is -2.31. The number of nitrogens with zero attached hydrogens (tertiary/aromatic N) is 3. The lowest BCUT2D eigenvalue weighted by molar-refractivity contribution is 0.311. The molecule has 30 heavy (non-hydrogen) atoms. The number of piperidine rings is 1. The molecule has 0 amide bonds. The van der Waals surface area contributed by atoms with Crippen molar-refractivity contribution in [2.75, 3.05) is 13.1 Å². The molecule has 1 aromatic carbocycles. The maximum absolute atomic E-state index is 13.2. The van der Waals surface area contributed by atoms with Gasteiger partial charge in [-0.05, 0) is 63.3 Å². The van der Waals surface area contributed by atoms with Gasteiger partial charge >= 0.3 is 0 Å². The van der Waals surface area contributed by atoms with Crippen LogP contribution in [-0.2, 0) is 16.4 Å². The zero-order chi connectivity index (χ0) is 21.3. The summed E-state index contributed by atoms with van der Waals surface area (Å²) in [5.41, 5.74) is 4.80. The first kappa shape index (κ1) is 20.8. The van der Waals surface area contributed by atoms with Gasteiger partial charge in [0.2, 0.25) is 10.0 Å². The Kier molecular flexibility index (Phi) is 5.75.